The molecule has 0 saturated heterocycles. The Morgan fingerprint density at radius 2 is 1.27 bits per heavy atom. The lowest BCUT2D eigenvalue weighted by Gasteiger charge is -2.16. The van der Waals surface area contributed by atoms with Crippen molar-refractivity contribution >= 4 is 17.8 Å². The van der Waals surface area contributed by atoms with Crippen molar-refractivity contribution in [2.45, 2.75) is 6.10 Å². The van der Waals surface area contributed by atoms with Crippen molar-refractivity contribution < 1.29 is 14.3 Å². The van der Waals surface area contributed by atoms with E-state index in [2.05, 4.69) is 0 Å². The van der Waals surface area contributed by atoms with Crippen LogP contribution in [0.5, 0.6) is 0 Å². The van der Waals surface area contributed by atoms with Crippen molar-refractivity contribution in [1.29, 1.82) is 0 Å². The molecule has 0 spiro atoms. The van der Waals surface area contributed by atoms with E-state index in [0.717, 1.165) is 5.56 Å². The minimum absolute atomic E-state index is 0.252. The average Bonchev–Trinajstić information content (AvgIpc) is 2.72. The van der Waals surface area contributed by atoms with E-state index in [9.17, 15) is 9.59 Å². The fourth-order valence-electron chi connectivity index (χ4n) is 2.54. The highest BCUT2D eigenvalue weighted by Gasteiger charge is 2.25. The maximum Gasteiger partial charge on any atom is 0.331 e. The van der Waals surface area contributed by atoms with Gasteiger partial charge in [0.05, 0.1) is 0 Å². The van der Waals surface area contributed by atoms with E-state index in [-0.39, 0.29) is 5.78 Å². The number of ketones is 1. The topological polar surface area (TPSA) is 43.4 Å². The first kappa shape index (κ1) is 17.4. The third-order valence-electron chi connectivity index (χ3n) is 3.84. The van der Waals surface area contributed by atoms with Gasteiger partial charge in [-0.3, -0.25) is 4.79 Å². The quantitative estimate of drug-likeness (QED) is 0.365. The number of hydrogen-bond acceptors (Lipinski definition) is 3. The Balaban J connectivity index is 1.81. The van der Waals surface area contributed by atoms with Gasteiger partial charge in [-0.1, -0.05) is 91.0 Å². The van der Waals surface area contributed by atoms with Crippen molar-refractivity contribution in [3.8, 4) is 0 Å². The summed E-state index contributed by atoms with van der Waals surface area (Å²) in [5.41, 5.74) is 2.03. The summed E-state index contributed by atoms with van der Waals surface area (Å²) in [5.74, 6) is -0.815. The number of Topliss-reactive ketones (excluding diaryl/α,β-unsaturated/α-hetero) is 1. The summed E-state index contributed by atoms with van der Waals surface area (Å²) in [6, 6.07) is 27.3. The Bertz CT molecular complexity index is 885. The van der Waals surface area contributed by atoms with E-state index in [1.54, 1.807) is 42.5 Å². The molecule has 0 radical (unpaired) electrons. The molecule has 0 aromatic heterocycles. The summed E-state index contributed by atoms with van der Waals surface area (Å²) in [6.45, 7) is 0. The number of rotatable bonds is 6. The minimum atomic E-state index is -0.980. The zero-order valence-corrected chi connectivity index (χ0v) is 14.1. The number of carbonyl (C=O) groups is 2. The molecule has 0 N–H and O–H groups in total. The predicted octanol–water partition coefficient (Wildman–Crippen LogP) is 4.87. The second-order valence-electron chi connectivity index (χ2n) is 5.70. The normalized spacial score (nSPS) is 11.8. The van der Waals surface area contributed by atoms with E-state index < -0.39 is 12.1 Å². The maximum absolute atomic E-state index is 12.9. The summed E-state index contributed by atoms with van der Waals surface area (Å²) in [7, 11) is 0. The molecule has 1 atom stereocenters. The Morgan fingerprint density at radius 3 is 1.88 bits per heavy atom. The summed E-state index contributed by atoms with van der Waals surface area (Å²) in [4.78, 5) is 25.1. The molecule has 3 aromatic carbocycles. The molecule has 0 fully saturated rings. The molecular weight excluding hydrogens is 324 g/mol. The standard InChI is InChI=1S/C23H18O3/c24-21(17-16-18-10-4-1-5-11-18)26-23(20-14-8-3-9-15-20)22(25)19-12-6-2-7-13-19/h1-17,23H/b17-16+/t23-/m1/s1. The van der Waals surface area contributed by atoms with Gasteiger partial charge in [0.2, 0.25) is 5.78 Å². The molecule has 3 aromatic rings. The smallest absolute Gasteiger partial charge is 0.331 e. The summed E-state index contributed by atoms with van der Waals surface area (Å²) >= 11 is 0. The second-order valence-corrected chi connectivity index (χ2v) is 5.70. The van der Waals surface area contributed by atoms with Crippen LogP contribution in [0, 0.1) is 0 Å². The zero-order valence-electron chi connectivity index (χ0n) is 14.1. The van der Waals surface area contributed by atoms with E-state index >= 15 is 0 Å². The van der Waals surface area contributed by atoms with Crippen LogP contribution < -0.4 is 0 Å². The molecule has 0 unspecified atom stereocenters. The first-order valence-electron chi connectivity index (χ1n) is 8.32. The van der Waals surface area contributed by atoms with Crippen LogP contribution in [0.3, 0.4) is 0 Å². The van der Waals surface area contributed by atoms with Crippen molar-refractivity contribution in [3.05, 3.63) is 114 Å². The SMILES string of the molecule is O=C(/C=C/c1ccccc1)O[C@@H](C(=O)c1ccccc1)c1ccccc1. The lowest BCUT2D eigenvalue weighted by molar-refractivity contribution is -0.141. The fraction of sp³-hybridized carbons (Fsp3) is 0.0435. The molecule has 0 amide bonds. The van der Waals surface area contributed by atoms with Crippen LogP contribution in [0.4, 0.5) is 0 Å². The number of carbonyl (C=O) groups excluding carboxylic acids is 2. The zero-order chi connectivity index (χ0) is 18.2. The Labute approximate surface area is 152 Å². The molecule has 0 aliphatic carbocycles. The molecule has 3 nitrogen and oxygen atoms in total. The van der Waals surface area contributed by atoms with Crippen LogP contribution in [0.15, 0.2) is 97.1 Å². The number of ether oxygens (including phenoxy) is 1. The van der Waals surface area contributed by atoms with Gasteiger partial charge in [0.25, 0.3) is 0 Å². The van der Waals surface area contributed by atoms with Crippen molar-refractivity contribution in [1.82, 2.24) is 0 Å². The molecule has 3 heteroatoms. The van der Waals surface area contributed by atoms with Crippen LogP contribution >= 0.6 is 0 Å². The molecule has 0 aliphatic heterocycles. The van der Waals surface area contributed by atoms with Crippen LogP contribution in [0.2, 0.25) is 0 Å². The summed E-state index contributed by atoms with van der Waals surface area (Å²) in [6.07, 6.45) is 2.02. The van der Waals surface area contributed by atoms with Gasteiger partial charge in [-0.2, -0.15) is 0 Å². The second kappa shape index (κ2) is 8.58. The van der Waals surface area contributed by atoms with Crippen molar-refractivity contribution in [2.24, 2.45) is 0 Å². The highest BCUT2D eigenvalue weighted by atomic mass is 16.5. The molecule has 0 saturated carbocycles. The van der Waals surface area contributed by atoms with Gasteiger partial charge in [-0.15, -0.1) is 0 Å². The molecule has 128 valence electrons. The van der Waals surface area contributed by atoms with Gasteiger partial charge in [0, 0.05) is 17.2 Å². The van der Waals surface area contributed by atoms with E-state index in [4.69, 9.17) is 4.74 Å². The number of esters is 1. The van der Waals surface area contributed by atoms with E-state index in [1.165, 1.54) is 6.08 Å². The molecular formula is C23H18O3. The lowest BCUT2D eigenvalue weighted by atomic mass is 10.00. The van der Waals surface area contributed by atoms with Gasteiger partial charge in [0.15, 0.2) is 6.10 Å². The van der Waals surface area contributed by atoms with Crippen LogP contribution in [0.25, 0.3) is 6.08 Å². The third-order valence-corrected chi connectivity index (χ3v) is 3.84. The Hall–Kier alpha value is -3.46. The van der Waals surface area contributed by atoms with E-state index in [0.29, 0.717) is 11.1 Å². The highest BCUT2D eigenvalue weighted by molar-refractivity contribution is 6.01. The monoisotopic (exact) mass is 342 g/mol. The fourth-order valence-corrected chi connectivity index (χ4v) is 2.54. The van der Waals surface area contributed by atoms with E-state index in [1.807, 2.05) is 54.6 Å². The minimum Gasteiger partial charge on any atom is -0.446 e. The first-order chi connectivity index (χ1) is 12.7. The average molecular weight is 342 g/mol. The summed E-state index contributed by atoms with van der Waals surface area (Å²) < 4.78 is 5.50. The Kier molecular flexibility index (Phi) is 5.73. The predicted molar refractivity (Wildman–Crippen MR) is 102 cm³/mol. The van der Waals surface area contributed by atoms with Gasteiger partial charge < -0.3 is 4.74 Å². The molecule has 0 bridgehead atoms. The van der Waals surface area contributed by atoms with Crippen LogP contribution in [-0.2, 0) is 9.53 Å². The lowest BCUT2D eigenvalue weighted by Crippen LogP contribution is -2.19. The van der Waals surface area contributed by atoms with Gasteiger partial charge >= 0.3 is 5.97 Å². The molecule has 26 heavy (non-hydrogen) atoms. The third kappa shape index (κ3) is 4.54. The summed E-state index contributed by atoms with van der Waals surface area (Å²) in [5, 5.41) is 0. The van der Waals surface area contributed by atoms with Gasteiger partial charge in [-0.25, -0.2) is 4.79 Å². The number of benzene rings is 3. The van der Waals surface area contributed by atoms with Crippen molar-refractivity contribution in [3.63, 3.8) is 0 Å². The first-order valence-corrected chi connectivity index (χ1v) is 8.32. The highest BCUT2D eigenvalue weighted by Crippen LogP contribution is 2.23. The van der Waals surface area contributed by atoms with Crippen LogP contribution in [0.1, 0.15) is 27.6 Å². The van der Waals surface area contributed by atoms with Gasteiger partial charge in [-0.05, 0) is 11.6 Å². The van der Waals surface area contributed by atoms with Gasteiger partial charge in [0.1, 0.15) is 0 Å². The number of hydrogen-bond donors (Lipinski definition) is 0. The largest absolute Gasteiger partial charge is 0.446 e. The van der Waals surface area contributed by atoms with Crippen LogP contribution in [-0.4, -0.2) is 11.8 Å². The molecule has 0 heterocycles. The molecule has 0 aliphatic rings. The molecule has 3 rings (SSSR count). The van der Waals surface area contributed by atoms with Crippen molar-refractivity contribution in [2.75, 3.05) is 0 Å². The maximum atomic E-state index is 12.9. The Morgan fingerprint density at radius 1 is 0.731 bits per heavy atom.